The molecule has 1 saturated heterocycles. The van der Waals surface area contributed by atoms with Crippen LogP contribution in [0.2, 0.25) is 0 Å². The minimum Gasteiger partial charge on any atom is -0.345 e. The molecule has 0 aromatic rings. The Morgan fingerprint density at radius 3 is 2.78 bits per heavy atom. The van der Waals surface area contributed by atoms with Gasteiger partial charge in [0.2, 0.25) is 11.8 Å². The fourth-order valence-electron chi connectivity index (χ4n) is 2.21. The number of piperidine rings is 1. The first-order valence-electron chi connectivity index (χ1n) is 6.79. The van der Waals surface area contributed by atoms with E-state index in [9.17, 15) is 9.59 Å². The molecule has 104 valence electrons. The predicted octanol–water partition coefficient (Wildman–Crippen LogP) is 0.359. The van der Waals surface area contributed by atoms with Crippen molar-refractivity contribution in [1.29, 1.82) is 0 Å². The number of amides is 2. The highest BCUT2D eigenvalue weighted by molar-refractivity contribution is 5.87. The zero-order chi connectivity index (χ0) is 13.5. The summed E-state index contributed by atoms with van der Waals surface area (Å²) in [4.78, 5) is 25.2. The molecule has 2 atom stereocenters. The van der Waals surface area contributed by atoms with E-state index in [1.807, 2.05) is 6.92 Å². The molecule has 0 aliphatic carbocycles. The molecule has 2 N–H and O–H groups in total. The monoisotopic (exact) mass is 255 g/mol. The summed E-state index contributed by atoms with van der Waals surface area (Å²) in [7, 11) is 1.75. The molecule has 1 fully saturated rings. The second-order valence-corrected chi connectivity index (χ2v) is 5.06. The zero-order valence-corrected chi connectivity index (χ0v) is 11.7. The van der Waals surface area contributed by atoms with Gasteiger partial charge in [-0.3, -0.25) is 9.59 Å². The van der Waals surface area contributed by atoms with Crippen LogP contribution in [0.15, 0.2) is 0 Å². The van der Waals surface area contributed by atoms with Gasteiger partial charge in [0.15, 0.2) is 0 Å². The van der Waals surface area contributed by atoms with E-state index in [4.69, 9.17) is 0 Å². The first kappa shape index (κ1) is 15.0. The fourth-order valence-corrected chi connectivity index (χ4v) is 2.21. The second kappa shape index (κ2) is 7.36. The molecule has 18 heavy (non-hydrogen) atoms. The van der Waals surface area contributed by atoms with E-state index in [2.05, 4.69) is 10.6 Å². The maximum Gasteiger partial charge on any atom is 0.244 e. The Bertz CT molecular complexity index is 288. The average Bonchev–Trinajstić information content (AvgIpc) is 2.37. The minimum atomic E-state index is -0.431. The molecule has 0 spiro atoms. The molecule has 0 bridgehead atoms. The van der Waals surface area contributed by atoms with Crippen LogP contribution in [0, 0.1) is 5.92 Å². The van der Waals surface area contributed by atoms with Crippen LogP contribution in [0.25, 0.3) is 0 Å². The highest BCUT2D eigenvalue weighted by Crippen LogP contribution is 2.13. The van der Waals surface area contributed by atoms with Crippen LogP contribution in [0.3, 0.4) is 0 Å². The lowest BCUT2D eigenvalue weighted by Crippen LogP contribution is -2.46. The summed E-state index contributed by atoms with van der Waals surface area (Å²) in [6, 6.07) is -0.431. The van der Waals surface area contributed by atoms with Crippen LogP contribution in [0.4, 0.5) is 0 Å². The Kier molecular flexibility index (Phi) is 6.12. The van der Waals surface area contributed by atoms with E-state index in [-0.39, 0.29) is 11.8 Å². The summed E-state index contributed by atoms with van der Waals surface area (Å²) in [5, 5.41) is 6.07. The molecule has 2 amide bonds. The smallest absolute Gasteiger partial charge is 0.244 e. The molecule has 1 heterocycles. The van der Waals surface area contributed by atoms with Gasteiger partial charge in [-0.1, -0.05) is 0 Å². The fraction of sp³-hybridized carbons (Fsp3) is 0.846. The lowest BCUT2D eigenvalue weighted by molar-refractivity contribution is -0.135. The normalized spacial score (nSPS) is 21.2. The SMILES string of the molecule is CCN(C)C(=O)C(C)NC(=O)CC1CCCNC1. The highest BCUT2D eigenvalue weighted by Gasteiger charge is 2.21. The maximum atomic E-state index is 11.8. The summed E-state index contributed by atoms with van der Waals surface area (Å²) >= 11 is 0. The standard InChI is InChI=1S/C13H25N3O2/c1-4-16(3)13(18)10(2)15-12(17)8-11-6-5-7-14-9-11/h10-11,14H,4-9H2,1-3H3,(H,15,17). The summed E-state index contributed by atoms with van der Waals surface area (Å²) < 4.78 is 0. The van der Waals surface area contributed by atoms with Crippen LogP contribution < -0.4 is 10.6 Å². The van der Waals surface area contributed by atoms with Crippen molar-refractivity contribution in [3.05, 3.63) is 0 Å². The van der Waals surface area contributed by atoms with E-state index in [1.165, 1.54) is 0 Å². The molecule has 0 aromatic heterocycles. The summed E-state index contributed by atoms with van der Waals surface area (Å²) in [6.07, 6.45) is 2.74. The highest BCUT2D eigenvalue weighted by atomic mass is 16.2. The first-order chi connectivity index (χ1) is 8.54. The van der Waals surface area contributed by atoms with Gasteiger partial charge in [0.25, 0.3) is 0 Å². The maximum absolute atomic E-state index is 11.8. The number of carbonyl (C=O) groups excluding carboxylic acids is 2. The third-order valence-corrected chi connectivity index (χ3v) is 3.47. The van der Waals surface area contributed by atoms with Crippen molar-refractivity contribution in [2.45, 2.75) is 39.2 Å². The van der Waals surface area contributed by atoms with E-state index < -0.39 is 6.04 Å². The molecule has 0 aromatic carbocycles. The van der Waals surface area contributed by atoms with Crippen molar-refractivity contribution in [2.24, 2.45) is 5.92 Å². The Hall–Kier alpha value is -1.10. The van der Waals surface area contributed by atoms with Gasteiger partial charge in [0.05, 0.1) is 0 Å². The Labute approximate surface area is 109 Å². The number of hydrogen-bond donors (Lipinski definition) is 2. The largest absolute Gasteiger partial charge is 0.345 e. The van der Waals surface area contributed by atoms with E-state index >= 15 is 0 Å². The molecule has 0 radical (unpaired) electrons. The van der Waals surface area contributed by atoms with Crippen molar-refractivity contribution in [3.63, 3.8) is 0 Å². The van der Waals surface area contributed by atoms with Crippen LogP contribution in [0.5, 0.6) is 0 Å². The molecular formula is C13H25N3O2. The molecule has 1 aliphatic heterocycles. The van der Waals surface area contributed by atoms with Gasteiger partial charge in [-0.25, -0.2) is 0 Å². The van der Waals surface area contributed by atoms with Crippen molar-refractivity contribution in [3.8, 4) is 0 Å². The first-order valence-corrected chi connectivity index (χ1v) is 6.79. The Balaban J connectivity index is 2.32. The lowest BCUT2D eigenvalue weighted by atomic mass is 9.96. The van der Waals surface area contributed by atoms with Crippen molar-refractivity contribution in [1.82, 2.24) is 15.5 Å². The Morgan fingerprint density at radius 1 is 1.50 bits per heavy atom. The van der Waals surface area contributed by atoms with E-state index in [0.29, 0.717) is 18.9 Å². The number of carbonyl (C=O) groups is 2. The summed E-state index contributed by atoms with van der Waals surface area (Å²) in [6.45, 7) is 6.27. The van der Waals surface area contributed by atoms with Gasteiger partial charge in [-0.05, 0) is 45.7 Å². The number of likely N-dealkylation sites (N-methyl/N-ethyl adjacent to an activating group) is 1. The third-order valence-electron chi connectivity index (χ3n) is 3.47. The van der Waals surface area contributed by atoms with Gasteiger partial charge >= 0.3 is 0 Å². The van der Waals surface area contributed by atoms with E-state index in [1.54, 1.807) is 18.9 Å². The number of nitrogens with one attached hydrogen (secondary N) is 2. The predicted molar refractivity (Wildman–Crippen MR) is 71.1 cm³/mol. The van der Waals surface area contributed by atoms with Crippen molar-refractivity contribution in [2.75, 3.05) is 26.7 Å². The van der Waals surface area contributed by atoms with Crippen LogP contribution in [0.1, 0.15) is 33.1 Å². The quantitative estimate of drug-likeness (QED) is 0.745. The molecule has 5 nitrogen and oxygen atoms in total. The van der Waals surface area contributed by atoms with E-state index in [0.717, 1.165) is 25.9 Å². The van der Waals surface area contributed by atoms with Crippen LogP contribution >= 0.6 is 0 Å². The molecule has 2 unspecified atom stereocenters. The summed E-state index contributed by atoms with van der Waals surface area (Å²) in [5.41, 5.74) is 0. The van der Waals surface area contributed by atoms with Gasteiger partial charge in [-0.2, -0.15) is 0 Å². The molecule has 0 saturated carbocycles. The van der Waals surface area contributed by atoms with Crippen LogP contribution in [-0.2, 0) is 9.59 Å². The number of nitrogens with zero attached hydrogens (tertiary/aromatic N) is 1. The third kappa shape index (κ3) is 4.64. The molecule has 1 aliphatic rings. The van der Waals surface area contributed by atoms with Gasteiger partial charge in [-0.15, -0.1) is 0 Å². The number of rotatable bonds is 5. The van der Waals surface area contributed by atoms with Gasteiger partial charge in [0, 0.05) is 20.0 Å². The van der Waals surface area contributed by atoms with Gasteiger partial charge < -0.3 is 15.5 Å². The summed E-state index contributed by atoms with van der Waals surface area (Å²) in [5.74, 6) is 0.353. The Morgan fingerprint density at radius 2 is 2.22 bits per heavy atom. The molecule has 5 heteroatoms. The molecular weight excluding hydrogens is 230 g/mol. The van der Waals surface area contributed by atoms with Crippen LogP contribution in [-0.4, -0.2) is 49.4 Å². The topological polar surface area (TPSA) is 61.4 Å². The minimum absolute atomic E-state index is 0.0194. The van der Waals surface area contributed by atoms with Gasteiger partial charge in [0.1, 0.15) is 6.04 Å². The zero-order valence-electron chi connectivity index (χ0n) is 11.7. The average molecular weight is 255 g/mol. The lowest BCUT2D eigenvalue weighted by Gasteiger charge is -2.24. The number of hydrogen-bond acceptors (Lipinski definition) is 3. The molecule has 1 rings (SSSR count). The van der Waals surface area contributed by atoms with Crippen molar-refractivity contribution < 1.29 is 9.59 Å². The second-order valence-electron chi connectivity index (χ2n) is 5.06. The van der Waals surface area contributed by atoms with Crippen molar-refractivity contribution >= 4 is 11.8 Å².